The molecule has 0 radical (unpaired) electrons. The summed E-state index contributed by atoms with van der Waals surface area (Å²) >= 11 is 0. The van der Waals surface area contributed by atoms with E-state index in [0.29, 0.717) is 22.9 Å². The van der Waals surface area contributed by atoms with Gasteiger partial charge in [0.05, 0.1) is 18.3 Å². The predicted molar refractivity (Wildman–Crippen MR) is 111 cm³/mol. The minimum Gasteiger partial charge on any atom is -0.371 e. The lowest BCUT2D eigenvalue weighted by atomic mass is 10.0. The summed E-state index contributed by atoms with van der Waals surface area (Å²) in [6.45, 7) is 3.58. The van der Waals surface area contributed by atoms with Gasteiger partial charge in [-0.25, -0.2) is 18.0 Å². The normalized spacial score (nSPS) is 16.3. The molecule has 1 fully saturated rings. The quantitative estimate of drug-likeness (QED) is 0.510. The highest BCUT2D eigenvalue weighted by atomic mass is 19.4. The monoisotopic (exact) mass is 488 g/mol. The minimum absolute atomic E-state index is 0.0410. The second-order valence-corrected chi connectivity index (χ2v) is 8.20. The maximum atomic E-state index is 15.0. The van der Waals surface area contributed by atoms with E-state index in [0.717, 1.165) is 6.07 Å². The predicted octanol–water partition coefficient (Wildman–Crippen LogP) is 4.00. The Morgan fingerprint density at radius 1 is 1.15 bits per heavy atom. The Labute approximate surface area is 190 Å². The number of hydrogen-bond acceptors (Lipinski definition) is 4. The van der Waals surface area contributed by atoms with Gasteiger partial charge in [0.2, 0.25) is 0 Å². The Balaban J connectivity index is 1.78. The zero-order chi connectivity index (χ0) is 24.8. The van der Waals surface area contributed by atoms with Crippen LogP contribution in [0.3, 0.4) is 0 Å². The van der Waals surface area contributed by atoms with E-state index >= 15 is 4.39 Å². The zero-order valence-corrected chi connectivity index (χ0v) is 18.4. The van der Waals surface area contributed by atoms with Crippen molar-refractivity contribution in [1.82, 2.24) is 24.1 Å². The number of rotatable bonds is 5. The van der Waals surface area contributed by atoms with Gasteiger partial charge in [0.15, 0.2) is 5.82 Å². The fourth-order valence-electron chi connectivity index (χ4n) is 3.91. The highest BCUT2D eigenvalue weighted by Crippen LogP contribution is 2.38. The van der Waals surface area contributed by atoms with E-state index in [1.54, 1.807) is 17.1 Å². The maximum Gasteiger partial charge on any atom is 0.419 e. The van der Waals surface area contributed by atoms with Crippen LogP contribution >= 0.6 is 0 Å². The number of hydrogen-bond donors (Lipinski definition) is 0. The fourth-order valence-corrected chi connectivity index (χ4v) is 3.91. The first-order valence-corrected chi connectivity index (χ1v) is 10.6. The second kappa shape index (κ2) is 8.51. The summed E-state index contributed by atoms with van der Waals surface area (Å²) < 4.78 is 86.4. The van der Waals surface area contributed by atoms with Crippen molar-refractivity contribution in [2.24, 2.45) is 0 Å². The van der Waals surface area contributed by atoms with Crippen LogP contribution in [0.5, 0.6) is 0 Å². The number of piperidine rings is 1. The standard InChI is InChI=1S/C21H22F6N6O/c1-3-31-11-14(10-28-31)12-32-13(2)29-33(19(32)34)17-9-15(8-16(18(17)22)21(25,26)27)30-6-4-20(23,24)5-7-30/h8-11H,3-7,12H2,1-2H3. The van der Waals surface area contributed by atoms with Crippen molar-refractivity contribution in [3.05, 3.63) is 57.8 Å². The highest BCUT2D eigenvalue weighted by Gasteiger charge is 2.39. The van der Waals surface area contributed by atoms with E-state index in [2.05, 4.69) is 10.2 Å². The summed E-state index contributed by atoms with van der Waals surface area (Å²) in [5, 5.41) is 8.10. The van der Waals surface area contributed by atoms with Gasteiger partial charge < -0.3 is 4.90 Å². The topological polar surface area (TPSA) is 60.9 Å². The number of halogens is 6. The molecule has 3 aromatic rings. The molecule has 184 valence electrons. The molecule has 1 aromatic carbocycles. The smallest absolute Gasteiger partial charge is 0.371 e. The molecule has 1 saturated heterocycles. The van der Waals surface area contributed by atoms with Crippen molar-refractivity contribution in [3.8, 4) is 5.69 Å². The number of aromatic nitrogens is 5. The van der Waals surface area contributed by atoms with E-state index < -0.39 is 47.7 Å². The molecule has 1 aliphatic heterocycles. The minimum atomic E-state index is -5.06. The third kappa shape index (κ3) is 4.55. The lowest BCUT2D eigenvalue weighted by Gasteiger charge is -2.34. The van der Waals surface area contributed by atoms with Gasteiger partial charge in [0.25, 0.3) is 5.92 Å². The van der Waals surface area contributed by atoms with Crippen LogP contribution in [0.4, 0.5) is 32.0 Å². The van der Waals surface area contributed by atoms with E-state index in [-0.39, 0.29) is 31.1 Å². The van der Waals surface area contributed by atoms with Crippen molar-refractivity contribution in [3.63, 3.8) is 0 Å². The van der Waals surface area contributed by atoms with Crippen LogP contribution in [0.1, 0.15) is 36.7 Å². The Hall–Kier alpha value is -3.25. The van der Waals surface area contributed by atoms with E-state index in [1.807, 2.05) is 6.92 Å². The van der Waals surface area contributed by atoms with Crippen LogP contribution in [-0.4, -0.2) is 43.1 Å². The highest BCUT2D eigenvalue weighted by molar-refractivity contribution is 5.57. The molecule has 0 atom stereocenters. The Bertz CT molecular complexity index is 1250. The zero-order valence-electron chi connectivity index (χ0n) is 18.4. The summed E-state index contributed by atoms with van der Waals surface area (Å²) in [5.41, 5.74) is -2.58. The summed E-state index contributed by atoms with van der Waals surface area (Å²) in [7, 11) is 0. The lowest BCUT2D eigenvalue weighted by Crippen LogP contribution is -2.39. The molecular weight excluding hydrogens is 466 g/mol. The van der Waals surface area contributed by atoms with Crippen molar-refractivity contribution in [2.45, 2.75) is 51.9 Å². The second-order valence-electron chi connectivity index (χ2n) is 8.20. The molecule has 0 spiro atoms. The van der Waals surface area contributed by atoms with Gasteiger partial charge in [0.1, 0.15) is 11.5 Å². The van der Waals surface area contributed by atoms with Crippen LogP contribution in [0, 0.1) is 12.7 Å². The fraction of sp³-hybridized carbons (Fsp3) is 0.476. The summed E-state index contributed by atoms with van der Waals surface area (Å²) in [4.78, 5) is 14.4. The molecule has 0 aliphatic carbocycles. The summed E-state index contributed by atoms with van der Waals surface area (Å²) in [6, 6.07) is 1.62. The third-order valence-electron chi connectivity index (χ3n) is 5.83. The molecular formula is C21H22F6N6O. The first-order chi connectivity index (χ1) is 15.9. The van der Waals surface area contributed by atoms with Crippen molar-refractivity contribution in [2.75, 3.05) is 18.0 Å². The van der Waals surface area contributed by atoms with E-state index in [1.165, 1.54) is 16.4 Å². The first-order valence-electron chi connectivity index (χ1n) is 10.6. The summed E-state index contributed by atoms with van der Waals surface area (Å²) in [6.07, 6.45) is -2.90. The molecule has 3 heterocycles. The van der Waals surface area contributed by atoms with Gasteiger partial charge in [-0.15, -0.1) is 0 Å². The van der Waals surface area contributed by atoms with Gasteiger partial charge in [-0.05, 0) is 26.0 Å². The van der Waals surface area contributed by atoms with Crippen molar-refractivity contribution < 1.29 is 26.3 Å². The average Bonchev–Trinajstić information content (AvgIpc) is 3.33. The number of aryl methyl sites for hydroxylation is 2. The molecule has 1 aliphatic rings. The largest absolute Gasteiger partial charge is 0.419 e. The maximum absolute atomic E-state index is 15.0. The number of alkyl halides is 5. The van der Waals surface area contributed by atoms with Crippen molar-refractivity contribution >= 4 is 5.69 Å². The van der Waals surface area contributed by atoms with Crippen LogP contribution in [0.15, 0.2) is 29.3 Å². The van der Waals surface area contributed by atoms with Gasteiger partial charge in [-0.1, -0.05) is 0 Å². The van der Waals surface area contributed by atoms with Crippen LogP contribution in [-0.2, 0) is 19.3 Å². The van der Waals surface area contributed by atoms with E-state index in [4.69, 9.17) is 0 Å². The molecule has 4 rings (SSSR count). The van der Waals surface area contributed by atoms with Gasteiger partial charge in [-0.2, -0.15) is 28.1 Å². The number of anilines is 1. The van der Waals surface area contributed by atoms with Crippen LogP contribution in [0.25, 0.3) is 5.69 Å². The summed E-state index contributed by atoms with van der Waals surface area (Å²) in [5.74, 6) is -4.42. The number of nitrogens with zero attached hydrogens (tertiary/aromatic N) is 6. The molecule has 13 heteroatoms. The molecule has 0 saturated carbocycles. The number of benzene rings is 1. The third-order valence-corrected chi connectivity index (χ3v) is 5.83. The van der Waals surface area contributed by atoms with E-state index in [9.17, 15) is 26.7 Å². The molecule has 7 nitrogen and oxygen atoms in total. The molecule has 34 heavy (non-hydrogen) atoms. The van der Waals surface area contributed by atoms with Crippen LogP contribution in [0.2, 0.25) is 0 Å². The Morgan fingerprint density at radius 2 is 1.82 bits per heavy atom. The molecule has 0 bridgehead atoms. The molecule has 0 unspecified atom stereocenters. The van der Waals surface area contributed by atoms with Crippen LogP contribution < -0.4 is 10.6 Å². The lowest BCUT2D eigenvalue weighted by molar-refractivity contribution is -0.140. The van der Waals surface area contributed by atoms with Gasteiger partial charge in [-0.3, -0.25) is 9.25 Å². The Morgan fingerprint density at radius 3 is 2.41 bits per heavy atom. The van der Waals surface area contributed by atoms with Crippen molar-refractivity contribution in [1.29, 1.82) is 0 Å². The molecule has 0 N–H and O–H groups in total. The first kappa shape index (κ1) is 23.9. The molecule has 2 aromatic heterocycles. The molecule has 0 amide bonds. The average molecular weight is 488 g/mol. The van der Waals surface area contributed by atoms with Gasteiger partial charge in [0, 0.05) is 49.9 Å². The van der Waals surface area contributed by atoms with Gasteiger partial charge >= 0.3 is 11.9 Å². The Kier molecular flexibility index (Phi) is 5.98. The SMILES string of the molecule is CCn1cc(Cn2c(C)nn(-c3cc(N4CCC(F)(F)CC4)cc(C(F)(F)F)c3F)c2=O)cn1.